The number of hydrogen-bond donors (Lipinski definition) is 0. The van der Waals surface area contributed by atoms with E-state index in [1.165, 1.54) is 31.4 Å². The van der Waals surface area contributed by atoms with Gasteiger partial charge in [-0.15, -0.1) is 0 Å². The Morgan fingerprint density at radius 2 is 1.52 bits per heavy atom. The normalized spacial score (nSPS) is 13.0. The zero-order valence-corrected chi connectivity index (χ0v) is 18.4. The number of unbranched alkanes of at least 4 members (excludes halogenated alkanes) is 1. The average Bonchev–Trinajstić information content (AvgIpc) is 2.81. The van der Waals surface area contributed by atoms with Gasteiger partial charge in [0, 0.05) is 16.7 Å². The molecular formula is C27H23F5O. The number of fused-ring (bicyclic) bond motifs is 1. The fourth-order valence-corrected chi connectivity index (χ4v) is 4.23. The summed E-state index contributed by atoms with van der Waals surface area (Å²) in [6.07, 6.45) is 4.42. The number of hydrogen-bond acceptors (Lipinski definition) is 1. The predicted octanol–water partition coefficient (Wildman–Crippen LogP) is 7.58. The summed E-state index contributed by atoms with van der Waals surface area (Å²) >= 11 is 0. The largest absolute Gasteiger partial charge is 0.494 e. The lowest BCUT2D eigenvalue weighted by Crippen LogP contribution is -2.08. The predicted molar refractivity (Wildman–Crippen MR) is 119 cm³/mol. The standard InChI is InChI=1S/C27H23F5O/c1-3-4-5-15-8-9-19(25(30)24(15)29)17-7-6-16-13-21(22(28)14-18(16)12-17)20-10-11-23(33-2)27(32)26(20)31/h7-11,13-14H,3-6,12H2,1-2H3. The van der Waals surface area contributed by atoms with Gasteiger partial charge in [0.25, 0.3) is 0 Å². The molecule has 0 N–H and O–H groups in total. The van der Waals surface area contributed by atoms with Crippen molar-refractivity contribution in [3.05, 3.63) is 93.8 Å². The molecule has 0 unspecified atom stereocenters. The van der Waals surface area contributed by atoms with Crippen molar-refractivity contribution >= 4 is 5.57 Å². The topological polar surface area (TPSA) is 9.23 Å². The van der Waals surface area contributed by atoms with E-state index in [0.717, 1.165) is 12.8 Å². The molecule has 1 nitrogen and oxygen atoms in total. The minimum atomic E-state index is -1.19. The van der Waals surface area contributed by atoms with Gasteiger partial charge in [-0.3, -0.25) is 0 Å². The van der Waals surface area contributed by atoms with Crippen LogP contribution in [0.5, 0.6) is 5.75 Å². The second-order valence-corrected chi connectivity index (χ2v) is 8.16. The number of halogens is 5. The van der Waals surface area contributed by atoms with Gasteiger partial charge in [0.1, 0.15) is 5.82 Å². The van der Waals surface area contributed by atoms with E-state index >= 15 is 0 Å². The molecule has 0 aliphatic heterocycles. The van der Waals surface area contributed by atoms with Crippen molar-refractivity contribution in [3.8, 4) is 16.9 Å². The molecule has 3 aromatic rings. The highest BCUT2D eigenvalue weighted by atomic mass is 19.2. The molecule has 1 aliphatic rings. The van der Waals surface area contributed by atoms with Crippen LogP contribution in [0.25, 0.3) is 16.7 Å². The highest BCUT2D eigenvalue weighted by Gasteiger charge is 2.23. The quantitative estimate of drug-likeness (QED) is 0.346. The number of aryl methyl sites for hydroxylation is 1. The Labute approximate surface area is 189 Å². The number of ether oxygens (including phenoxy) is 1. The van der Waals surface area contributed by atoms with Crippen LogP contribution >= 0.6 is 0 Å². The van der Waals surface area contributed by atoms with Gasteiger partial charge in [0.2, 0.25) is 5.82 Å². The zero-order valence-electron chi connectivity index (χ0n) is 18.4. The molecule has 4 rings (SSSR count). The third kappa shape index (κ3) is 4.26. The van der Waals surface area contributed by atoms with Crippen LogP contribution in [0.3, 0.4) is 0 Å². The molecule has 0 atom stereocenters. The number of rotatable bonds is 6. The van der Waals surface area contributed by atoms with Crippen molar-refractivity contribution in [2.75, 3.05) is 7.11 Å². The monoisotopic (exact) mass is 458 g/mol. The Hall–Kier alpha value is -3.15. The molecule has 1 aliphatic carbocycles. The summed E-state index contributed by atoms with van der Waals surface area (Å²) in [6, 6.07) is 8.41. The van der Waals surface area contributed by atoms with E-state index in [2.05, 4.69) is 0 Å². The van der Waals surface area contributed by atoms with E-state index in [1.807, 2.05) is 6.92 Å². The highest BCUT2D eigenvalue weighted by molar-refractivity contribution is 5.74. The van der Waals surface area contributed by atoms with Crippen LogP contribution in [0.1, 0.15) is 42.0 Å². The number of benzene rings is 3. The molecule has 0 radical (unpaired) electrons. The van der Waals surface area contributed by atoms with E-state index in [4.69, 9.17) is 4.74 Å². The fourth-order valence-electron chi connectivity index (χ4n) is 4.23. The molecule has 0 aromatic heterocycles. The number of allylic oxidation sites excluding steroid dienone is 2. The van der Waals surface area contributed by atoms with Crippen LogP contribution in [-0.4, -0.2) is 7.11 Å². The van der Waals surface area contributed by atoms with Crippen LogP contribution in [-0.2, 0) is 19.3 Å². The molecule has 6 heteroatoms. The van der Waals surface area contributed by atoms with Crippen LogP contribution < -0.4 is 4.74 Å². The SMILES string of the molecule is CCCCc1ccc(C2=CCc3cc(-c4ccc(OC)c(F)c4F)c(F)cc3C2)c(F)c1F. The second-order valence-electron chi connectivity index (χ2n) is 8.16. The first-order chi connectivity index (χ1) is 15.8. The molecule has 0 saturated heterocycles. The minimum Gasteiger partial charge on any atom is -0.494 e. The van der Waals surface area contributed by atoms with Crippen LogP contribution in [0.4, 0.5) is 22.0 Å². The molecule has 0 fully saturated rings. The molecule has 0 bridgehead atoms. The molecule has 0 heterocycles. The molecule has 0 amide bonds. The van der Waals surface area contributed by atoms with Gasteiger partial charge < -0.3 is 4.74 Å². The smallest absolute Gasteiger partial charge is 0.201 e. The van der Waals surface area contributed by atoms with Crippen molar-refractivity contribution in [3.63, 3.8) is 0 Å². The summed E-state index contributed by atoms with van der Waals surface area (Å²) in [4.78, 5) is 0. The average molecular weight is 458 g/mol. The van der Waals surface area contributed by atoms with E-state index in [1.54, 1.807) is 18.2 Å². The van der Waals surface area contributed by atoms with Gasteiger partial charge in [0.15, 0.2) is 23.2 Å². The lowest BCUT2D eigenvalue weighted by Gasteiger charge is -2.20. The molecule has 3 aromatic carbocycles. The maximum atomic E-state index is 14.9. The summed E-state index contributed by atoms with van der Waals surface area (Å²) in [7, 11) is 1.22. The molecule has 172 valence electrons. The third-order valence-electron chi connectivity index (χ3n) is 6.10. The summed E-state index contributed by atoms with van der Waals surface area (Å²) in [6.45, 7) is 1.98. The summed E-state index contributed by atoms with van der Waals surface area (Å²) in [5.41, 5.74) is 2.10. The minimum absolute atomic E-state index is 0.0674. The van der Waals surface area contributed by atoms with Crippen molar-refractivity contribution < 1.29 is 26.7 Å². The van der Waals surface area contributed by atoms with Crippen LogP contribution in [0, 0.1) is 29.1 Å². The first-order valence-electron chi connectivity index (χ1n) is 10.9. The van der Waals surface area contributed by atoms with Gasteiger partial charge in [-0.2, -0.15) is 4.39 Å². The Kier molecular flexibility index (Phi) is 6.54. The van der Waals surface area contributed by atoms with Gasteiger partial charge in [-0.05, 0) is 72.2 Å². The Morgan fingerprint density at radius 1 is 0.788 bits per heavy atom. The third-order valence-corrected chi connectivity index (χ3v) is 6.10. The molecule has 0 saturated carbocycles. The van der Waals surface area contributed by atoms with Gasteiger partial charge in [0.05, 0.1) is 7.11 Å². The van der Waals surface area contributed by atoms with E-state index < -0.39 is 29.1 Å². The van der Waals surface area contributed by atoms with Crippen LogP contribution in [0.2, 0.25) is 0 Å². The second kappa shape index (κ2) is 9.38. The first kappa shape index (κ1) is 23.0. The summed E-state index contributed by atoms with van der Waals surface area (Å²) in [5, 5.41) is 0. The van der Waals surface area contributed by atoms with Crippen molar-refractivity contribution in [1.82, 2.24) is 0 Å². The first-order valence-corrected chi connectivity index (χ1v) is 10.9. The Morgan fingerprint density at radius 3 is 2.24 bits per heavy atom. The number of methoxy groups -OCH3 is 1. The lowest BCUT2D eigenvalue weighted by atomic mass is 9.85. The molecule has 33 heavy (non-hydrogen) atoms. The zero-order chi connectivity index (χ0) is 23.7. The van der Waals surface area contributed by atoms with Crippen molar-refractivity contribution in [1.29, 1.82) is 0 Å². The van der Waals surface area contributed by atoms with Gasteiger partial charge in [-0.1, -0.05) is 31.6 Å². The summed E-state index contributed by atoms with van der Waals surface area (Å²) in [5.74, 6) is -5.11. The van der Waals surface area contributed by atoms with E-state index in [0.29, 0.717) is 35.1 Å². The van der Waals surface area contributed by atoms with E-state index in [9.17, 15) is 22.0 Å². The maximum Gasteiger partial charge on any atom is 0.201 e. The van der Waals surface area contributed by atoms with E-state index in [-0.39, 0.29) is 28.9 Å². The Balaban J connectivity index is 1.66. The van der Waals surface area contributed by atoms with Crippen molar-refractivity contribution in [2.24, 2.45) is 0 Å². The highest BCUT2D eigenvalue weighted by Crippen LogP contribution is 2.36. The fraction of sp³-hybridized carbons (Fsp3) is 0.259. The lowest BCUT2D eigenvalue weighted by molar-refractivity contribution is 0.372. The van der Waals surface area contributed by atoms with Gasteiger partial charge in [-0.25, -0.2) is 17.6 Å². The summed E-state index contributed by atoms with van der Waals surface area (Å²) < 4.78 is 77.6. The Bertz CT molecular complexity index is 1250. The molecule has 0 spiro atoms. The maximum absolute atomic E-state index is 14.9. The van der Waals surface area contributed by atoms with Crippen molar-refractivity contribution in [2.45, 2.75) is 39.0 Å². The van der Waals surface area contributed by atoms with Crippen LogP contribution in [0.15, 0.2) is 42.5 Å². The molecular weight excluding hydrogens is 435 g/mol. The van der Waals surface area contributed by atoms with Gasteiger partial charge >= 0.3 is 0 Å².